The second-order valence-corrected chi connectivity index (χ2v) is 3.53. The third-order valence-electron chi connectivity index (χ3n) is 2.33. The fraction of sp³-hybridized carbons (Fsp3) is 0.273. The van der Waals surface area contributed by atoms with E-state index in [0.717, 1.165) is 0 Å². The second kappa shape index (κ2) is 3.81. The summed E-state index contributed by atoms with van der Waals surface area (Å²) in [4.78, 5) is 21.9. The summed E-state index contributed by atoms with van der Waals surface area (Å²) >= 11 is 0. The topological polar surface area (TPSA) is 43.4 Å². The van der Waals surface area contributed by atoms with Crippen molar-refractivity contribution in [3.05, 3.63) is 35.6 Å². The van der Waals surface area contributed by atoms with Crippen LogP contribution >= 0.6 is 0 Å². The molecule has 78 valence electrons. The van der Waals surface area contributed by atoms with Gasteiger partial charge in [0.05, 0.1) is 12.3 Å². The number of ether oxygens (including phenoxy) is 1. The van der Waals surface area contributed by atoms with E-state index in [1.54, 1.807) is 12.1 Å². The number of halogens is 1. The molecule has 0 N–H and O–H groups in total. The van der Waals surface area contributed by atoms with Crippen molar-refractivity contribution in [1.82, 2.24) is 0 Å². The number of rotatable bonds is 2. The van der Waals surface area contributed by atoms with Crippen molar-refractivity contribution in [1.29, 1.82) is 0 Å². The van der Waals surface area contributed by atoms with E-state index in [2.05, 4.69) is 4.74 Å². The molecule has 0 aliphatic carbocycles. The predicted molar refractivity (Wildman–Crippen MR) is 49.3 cm³/mol. The van der Waals surface area contributed by atoms with Gasteiger partial charge in [-0.3, -0.25) is 9.59 Å². The summed E-state index contributed by atoms with van der Waals surface area (Å²) in [5.74, 6) is -1.81. The van der Waals surface area contributed by atoms with Crippen molar-refractivity contribution in [3.8, 4) is 0 Å². The Hall–Kier alpha value is -1.71. The maximum atomic E-state index is 12.8. The van der Waals surface area contributed by atoms with Gasteiger partial charge >= 0.3 is 11.9 Å². The van der Waals surface area contributed by atoms with Gasteiger partial charge in [0.1, 0.15) is 5.82 Å². The Morgan fingerprint density at radius 2 is 2.20 bits per heavy atom. The van der Waals surface area contributed by atoms with E-state index in [1.807, 2.05) is 0 Å². The molecule has 15 heavy (non-hydrogen) atoms. The van der Waals surface area contributed by atoms with Crippen LogP contribution in [0, 0.1) is 11.7 Å². The third kappa shape index (κ3) is 2.21. The Morgan fingerprint density at radius 3 is 2.80 bits per heavy atom. The first kappa shape index (κ1) is 9.83. The summed E-state index contributed by atoms with van der Waals surface area (Å²) < 4.78 is 17.2. The number of carbonyl (C=O) groups is 2. The van der Waals surface area contributed by atoms with Crippen LogP contribution in [0.5, 0.6) is 0 Å². The molecule has 0 bridgehead atoms. The fourth-order valence-electron chi connectivity index (χ4n) is 1.63. The molecule has 1 aliphatic rings. The van der Waals surface area contributed by atoms with Crippen LogP contribution in [0.2, 0.25) is 0 Å². The van der Waals surface area contributed by atoms with Gasteiger partial charge in [0.25, 0.3) is 0 Å². The van der Waals surface area contributed by atoms with Crippen molar-refractivity contribution >= 4 is 11.9 Å². The largest absolute Gasteiger partial charge is 0.393 e. The molecular formula is C11H9FO3. The standard InChI is InChI=1S/C11H9FO3/c12-9-3-1-2-7(5-9)4-8-6-10(13)15-11(8)14/h1-3,5,8H,4,6H2. The molecule has 0 amide bonds. The Morgan fingerprint density at radius 1 is 1.40 bits per heavy atom. The number of carbonyl (C=O) groups excluding carboxylic acids is 2. The molecule has 1 fully saturated rings. The van der Waals surface area contributed by atoms with Gasteiger partial charge in [-0.15, -0.1) is 0 Å². The van der Waals surface area contributed by atoms with Crippen molar-refractivity contribution in [3.63, 3.8) is 0 Å². The van der Waals surface area contributed by atoms with Crippen LogP contribution in [-0.2, 0) is 20.7 Å². The van der Waals surface area contributed by atoms with Crippen LogP contribution in [0.3, 0.4) is 0 Å². The lowest BCUT2D eigenvalue weighted by molar-refractivity contribution is -0.153. The summed E-state index contributed by atoms with van der Waals surface area (Å²) in [5.41, 5.74) is 0.701. The van der Waals surface area contributed by atoms with Gasteiger partial charge < -0.3 is 4.74 Å². The van der Waals surface area contributed by atoms with Gasteiger partial charge in [-0.25, -0.2) is 4.39 Å². The number of benzene rings is 1. The summed E-state index contributed by atoms with van der Waals surface area (Å²) in [6.45, 7) is 0. The third-order valence-corrected chi connectivity index (χ3v) is 2.33. The van der Waals surface area contributed by atoms with Gasteiger partial charge in [0.2, 0.25) is 0 Å². The van der Waals surface area contributed by atoms with Crippen molar-refractivity contribution in [2.45, 2.75) is 12.8 Å². The first-order chi connectivity index (χ1) is 7.15. The van der Waals surface area contributed by atoms with Gasteiger partial charge in [0.15, 0.2) is 0 Å². The molecule has 3 nitrogen and oxygen atoms in total. The normalized spacial score (nSPS) is 20.5. The minimum Gasteiger partial charge on any atom is -0.393 e. The molecule has 1 heterocycles. The van der Waals surface area contributed by atoms with Gasteiger partial charge in [-0.1, -0.05) is 12.1 Å². The van der Waals surface area contributed by atoms with Crippen molar-refractivity contribution in [2.24, 2.45) is 5.92 Å². The van der Waals surface area contributed by atoms with Gasteiger partial charge in [-0.2, -0.15) is 0 Å². The molecular weight excluding hydrogens is 199 g/mol. The highest BCUT2D eigenvalue weighted by atomic mass is 19.1. The van der Waals surface area contributed by atoms with Crippen LogP contribution in [-0.4, -0.2) is 11.9 Å². The molecule has 0 aromatic heterocycles. The molecule has 1 atom stereocenters. The van der Waals surface area contributed by atoms with Crippen LogP contribution in [0.4, 0.5) is 4.39 Å². The highest BCUT2D eigenvalue weighted by molar-refractivity contribution is 5.94. The summed E-state index contributed by atoms with van der Waals surface area (Å²) in [5, 5.41) is 0. The van der Waals surface area contributed by atoms with Gasteiger partial charge in [-0.05, 0) is 24.1 Å². The molecule has 2 rings (SSSR count). The monoisotopic (exact) mass is 208 g/mol. The second-order valence-electron chi connectivity index (χ2n) is 3.53. The summed E-state index contributed by atoms with van der Waals surface area (Å²) in [6, 6.07) is 5.99. The highest BCUT2D eigenvalue weighted by Gasteiger charge is 2.33. The van der Waals surface area contributed by atoms with Crippen LogP contribution in [0.15, 0.2) is 24.3 Å². The Kier molecular flexibility index (Phi) is 2.49. The SMILES string of the molecule is O=C1CC(Cc2cccc(F)c2)C(=O)O1. The molecule has 1 saturated heterocycles. The van der Waals surface area contributed by atoms with E-state index in [0.29, 0.717) is 12.0 Å². The Bertz CT molecular complexity index is 414. The van der Waals surface area contributed by atoms with E-state index >= 15 is 0 Å². The van der Waals surface area contributed by atoms with Crippen LogP contribution in [0.1, 0.15) is 12.0 Å². The zero-order valence-electron chi connectivity index (χ0n) is 7.90. The Labute approximate surface area is 85.9 Å². The van der Waals surface area contributed by atoms with Crippen molar-refractivity contribution < 1.29 is 18.7 Å². The minimum atomic E-state index is -0.510. The van der Waals surface area contributed by atoms with Crippen LogP contribution < -0.4 is 0 Å². The highest BCUT2D eigenvalue weighted by Crippen LogP contribution is 2.20. The lowest BCUT2D eigenvalue weighted by atomic mass is 9.98. The molecule has 0 spiro atoms. The summed E-state index contributed by atoms with van der Waals surface area (Å²) in [6.07, 6.45) is 0.442. The quantitative estimate of drug-likeness (QED) is 0.545. The molecule has 1 aromatic rings. The maximum absolute atomic E-state index is 12.8. The molecule has 0 saturated carbocycles. The predicted octanol–water partition coefficient (Wildman–Crippen LogP) is 1.46. The first-order valence-corrected chi connectivity index (χ1v) is 4.64. The van der Waals surface area contributed by atoms with E-state index in [9.17, 15) is 14.0 Å². The number of esters is 2. The minimum absolute atomic E-state index is 0.0926. The smallest absolute Gasteiger partial charge is 0.317 e. The number of hydrogen-bond donors (Lipinski definition) is 0. The molecule has 1 aliphatic heterocycles. The zero-order chi connectivity index (χ0) is 10.8. The molecule has 4 heteroatoms. The van der Waals surface area contributed by atoms with E-state index in [-0.39, 0.29) is 12.2 Å². The average Bonchev–Trinajstić information content (AvgIpc) is 2.45. The Balaban J connectivity index is 2.09. The van der Waals surface area contributed by atoms with Crippen molar-refractivity contribution in [2.75, 3.05) is 0 Å². The van der Waals surface area contributed by atoms with E-state index in [1.165, 1.54) is 12.1 Å². The number of hydrogen-bond acceptors (Lipinski definition) is 3. The zero-order valence-corrected chi connectivity index (χ0v) is 7.90. The summed E-state index contributed by atoms with van der Waals surface area (Å²) in [7, 11) is 0. The first-order valence-electron chi connectivity index (χ1n) is 4.64. The average molecular weight is 208 g/mol. The number of cyclic esters (lactones) is 2. The molecule has 1 unspecified atom stereocenters. The fourth-order valence-corrected chi connectivity index (χ4v) is 1.63. The lowest BCUT2D eigenvalue weighted by Gasteiger charge is -2.04. The van der Waals surface area contributed by atoms with E-state index in [4.69, 9.17) is 0 Å². The molecule has 0 radical (unpaired) electrons. The van der Waals surface area contributed by atoms with Crippen LogP contribution in [0.25, 0.3) is 0 Å². The van der Waals surface area contributed by atoms with E-state index < -0.39 is 17.9 Å². The van der Waals surface area contributed by atoms with Gasteiger partial charge in [0, 0.05) is 0 Å². The maximum Gasteiger partial charge on any atom is 0.317 e. The lowest BCUT2D eigenvalue weighted by Crippen LogP contribution is -2.10. The molecule has 1 aromatic carbocycles.